The van der Waals surface area contributed by atoms with Crippen molar-refractivity contribution >= 4 is 5.91 Å². The predicted molar refractivity (Wildman–Crippen MR) is 102 cm³/mol. The van der Waals surface area contributed by atoms with Crippen LogP contribution in [0.5, 0.6) is 0 Å². The number of carbonyl (C=O) groups excluding carboxylic acids is 1. The summed E-state index contributed by atoms with van der Waals surface area (Å²) < 4.78 is 2.06. The molecule has 5 heteroatoms. The van der Waals surface area contributed by atoms with Gasteiger partial charge in [0.1, 0.15) is 0 Å². The van der Waals surface area contributed by atoms with Crippen LogP contribution in [0.4, 0.5) is 0 Å². The second-order valence-corrected chi connectivity index (χ2v) is 8.08. The average molecular weight is 355 g/mol. The molecule has 140 valence electrons. The molecule has 2 heterocycles. The van der Waals surface area contributed by atoms with Crippen LogP contribution in [0.2, 0.25) is 0 Å². The van der Waals surface area contributed by atoms with E-state index in [4.69, 9.17) is 0 Å². The second kappa shape index (κ2) is 7.23. The Hall–Kier alpha value is -2.14. The molecule has 1 fully saturated rings. The molecular weight excluding hydrogens is 326 g/mol. The van der Waals surface area contributed by atoms with Gasteiger partial charge in [0.15, 0.2) is 0 Å². The van der Waals surface area contributed by atoms with Crippen molar-refractivity contribution in [3.05, 3.63) is 52.8 Å². The van der Waals surface area contributed by atoms with Gasteiger partial charge in [0.25, 0.3) is 5.91 Å². The molecule has 3 rings (SSSR count). The Morgan fingerprint density at radius 1 is 1.31 bits per heavy atom. The van der Waals surface area contributed by atoms with E-state index < -0.39 is 5.60 Å². The molecule has 2 aromatic rings. The fourth-order valence-electron chi connectivity index (χ4n) is 3.63. The highest BCUT2D eigenvalue weighted by atomic mass is 16.3. The Balaban J connectivity index is 1.67. The number of nitrogens with zero attached hydrogens (tertiary/aromatic N) is 3. The highest BCUT2D eigenvalue weighted by molar-refractivity contribution is 5.94. The van der Waals surface area contributed by atoms with E-state index in [1.54, 1.807) is 0 Å². The minimum atomic E-state index is -0.693. The molecule has 0 radical (unpaired) electrons. The summed E-state index contributed by atoms with van der Waals surface area (Å²) in [6.45, 7) is 9.15. The van der Waals surface area contributed by atoms with Crippen molar-refractivity contribution in [2.24, 2.45) is 0 Å². The van der Waals surface area contributed by atoms with Crippen molar-refractivity contribution in [1.82, 2.24) is 14.7 Å². The topological polar surface area (TPSA) is 58.4 Å². The standard InChI is InChI=1S/C21H29N3O2/c1-15-12-16(2)24(22-15)19-9-11-23(14-19)20(25)18-7-5-6-17(13-18)8-10-21(3,4)26/h5-7,12-13,19,26H,8-11,14H2,1-4H3/t19-/m0/s1. The Morgan fingerprint density at radius 2 is 2.08 bits per heavy atom. The third kappa shape index (κ3) is 4.33. The third-order valence-electron chi connectivity index (χ3n) is 5.04. The van der Waals surface area contributed by atoms with E-state index in [9.17, 15) is 9.90 Å². The highest BCUT2D eigenvalue weighted by Gasteiger charge is 2.29. The zero-order valence-corrected chi connectivity index (χ0v) is 16.2. The van der Waals surface area contributed by atoms with E-state index in [1.807, 2.05) is 49.9 Å². The number of hydrogen-bond acceptors (Lipinski definition) is 3. The molecule has 0 saturated carbocycles. The smallest absolute Gasteiger partial charge is 0.253 e. The lowest BCUT2D eigenvalue weighted by atomic mass is 9.98. The van der Waals surface area contributed by atoms with Crippen LogP contribution in [0.1, 0.15) is 60.0 Å². The first-order valence-corrected chi connectivity index (χ1v) is 9.36. The molecule has 1 N–H and O–H groups in total. The fraction of sp³-hybridized carbons (Fsp3) is 0.524. The fourth-order valence-corrected chi connectivity index (χ4v) is 3.63. The zero-order valence-electron chi connectivity index (χ0n) is 16.2. The molecule has 5 nitrogen and oxygen atoms in total. The number of benzene rings is 1. The molecule has 1 aromatic heterocycles. The van der Waals surface area contributed by atoms with Crippen LogP contribution < -0.4 is 0 Å². The number of rotatable bonds is 5. The Kier molecular flexibility index (Phi) is 5.19. The van der Waals surface area contributed by atoms with E-state index in [0.717, 1.165) is 41.9 Å². The number of aliphatic hydroxyl groups is 1. The number of aryl methyl sites for hydroxylation is 3. The minimum absolute atomic E-state index is 0.0825. The van der Waals surface area contributed by atoms with Gasteiger partial charge in [-0.1, -0.05) is 12.1 Å². The lowest BCUT2D eigenvalue weighted by Gasteiger charge is -2.19. The van der Waals surface area contributed by atoms with Crippen LogP contribution in [-0.4, -0.2) is 44.4 Å². The maximum atomic E-state index is 12.9. The monoisotopic (exact) mass is 355 g/mol. The van der Waals surface area contributed by atoms with Gasteiger partial charge in [-0.25, -0.2) is 0 Å². The quantitative estimate of drug-likeness (QED) is 0.895. The first-order valence-electron chi connectivity index (χ1n) is 9.36. The van der Waals surface area contributed by atoms with Gasteiger partial charge in [-0.3, -0.25) is 9.48 Å². The number of likely N-dealkylation sites (tertiary alicyclic amines) is 1. The summed E-state index contributed by atoms with van der Waals surface area (Å²) in [4.78, 5) is 14.8. The number of carbonyl (C=O) groups is 1. The van der Waals surface area contributed by atoms with Crippen LogP contribution in [-0.2, 0) is 6.42 Å². The van der Waals surface area contributed by atoms with E-state index >= 15 is 0 Å². The molecular formula is C21H29N3O2. The SMILES string of the molecule is Cc1cc(C)n([C@H]2CCN(C(=O)c3cccc(CCC(C)(C)O)c3)C2)n1. The molecule has 1 atom stereocenters. The largest absolute Gasteiger partial charge is 0.390 e. The minimum Gasteiger partial charge on any atom is -0.390 e. The molecule has 0 aliphatic carbocycles. The van der Waals surface area contributed by atoms with E-state index in [0.29, 0.717) is 13.0 Å². The van der Waals surface area contributed by atoms with E-state index in [2.05, 4.69) is 22.8 Å². The first-order chi connectivity index (χ1) is 12.2. The summed E-state index contributed by atoms with van der Waals surface area (Å²) in [6, 6.07) is 10.1. The van der Waals surface area contributed by atoms with Crippen molar-refractivity contribution in [2.75, 3.05) is 13.1 Å². The van der Waals surface area contributed by atoms with Gasteiger partial charge in [-0.2, -0.15) is 5.10 Å². The lowest BCUT2D eigenvalue weighted by Crippen LogP contribution is -2.29. The normalized spacial score (nSPS) is 17.7. The molecule has 1 aliphatic rings. The average Bonchev–Trinajstić information content (AvgIpc) is 3.18. The number of hydrogen-bond donors (Lipinski definition) is 1. The maximum absolute atomic E-state index is 12.9. The summed E-state index contributed by atoms with van der Waals surface area (Å²) in [5, 5.41) is 14.5. The Labute approximate surface area is 155 Å². The Bertz CT molecular complexity index is 789. The van der Waals surface area contributed by atoms with Crippen molar-refractivity contribution < 1.29 is 9.90 Å². The van der Waals surface area contributed by atoms with Gasteiger partial charge in [0.05, 0.1) is 17.3 Å². The van der Waals surface area contributed by atoms with E-state index in [-0.39, 0.29) is 11.9 Å². The summed E-state index contributed by atoms with van der Waals surface area (Å²) >= 11 is 0. The van der Waals surface area contributed by atoms with Gasteiger partial charge in [-0.15, -0.1) is 0 Å². The molecule has 1 aromatic carbocycles. The lowest BCUT2D eigenvalue weighted by molar-refractivity contribution is 0.0714. The second-order valence-electron chi connectivity index (χ2n) is 8.08. The first kappa shape index (κ1) is 18.6. The van der Waals surface area contributed by atoms with Gasteiger partial charge in [0.2, 0.25) is 0 Å². The van der Waals surface area contributed by atoms with Crippen LogP contribution in [0.3, 0.4) is 0 Å². The molecule has 1 saturated heterocycles. The third-order valence-corrected chi connectivity index (χ3v) is 5.04. The van der Waals surface area contributed by atoms with Crippen molar-refractivity contribution in [1.29, 1.82) is 0 Å². The molecule has 0 bridgehead atoms. The van der Waals surface area contributed by atoms with Crippen molar-refractivity contribution in [2.45, 2.75) is 58.6 Å². The maximum Gasteiger partial charge on any atom is 0.253 e. The van der Waals surface area contributed by atoms with E-state index in [1.165, 1.54) is 0 Å². The van der Waals surface area contributed by atoms with Crippen LogP contribution in [0.15, 0.2) is 30.3 Å². The van der Waals surface area contributed by atoms with Crippen LogP contribution >= 0.6 is 0 Å². The van der Waals surface area contributed by atoms with Crippen molar-refractivity contribution in [3.63, 3.8) is 0 Å². The molecule has 1 aliphatic heterocycles. The number of amides is 1. The van der Waals surface area contributed by atoms with Crippen LogP contribution in [0.25, 0.3) is 0 Å². The number of aromatic nitrogens is 2. The summed E-state index contributed by atoms with van der Waals surface area (Å²) in [5.41, 5.74) is 3.30. The van der Waals surface area contributed by atoms with Crippen LogP contribution in [0, 0.1) is 13.8 Å². The van der Waals surface area contributed by atoms with Gasteiger partial charge in [-0.05, 0) is 70.7 Å². The molecule has 1 amide bonds. The molecule has 0 unspecified atom stereocenters. The highest BCUT2D eigenvalue weighted by Crippen LogP contribution is 2.25. The summed E-state index contributed by atoms with van der Waals surface area (Å²) in [7, 11) is 0. The summed E-state index contributed by atoms with van der Waals surface area (Å²) in [5.74, 6) is 0.0825. The van der Waals surface area contributed by atoms with Crippen molar-refractivity contribution in [3.8, 4) is 0 Å². The summed E-state index contributed by atoms with van der Waals surface area (Å²) in [6.07, 6.45) is 2.37. The van der Waals surface area contributed by atoms with Gasteiger partial charge < -0.3 is 10.0 Å². The molecule has 0 spiro atoms. The predicted octanol–water partition coefficient (Wildman–Crippen LogP) is 3.29. The van der Waals surface area contributed by atoms with Gasteiger partial charge >= 0.3 is 0 Å². The zero-order chi connectivity index (χ0) is 18.9. The molecule has 26 heavy (non-hydrogen) atoms. The van der Waals surface area contributed by atoms with Gasteiger partial charge in [0, 0.05) is 24.3 Å². The Morgan fingerprint density at radius 3 is 2.73 bits per heavy atom.